The standard InChI is InChI=1S/C17H20Cl2N2O2S2/c18-12-5-4-11(9-13(12)19)20-16(22)14-3-1-2-6-21(14)17(23)15-10-24-7-8-25-15/h4-5,9,14-15H,1-3,6-8,10H2,(H,20,22). The second kappa shape index (κ2) is 8.89. The lowest BCUT2D eigenvalue weighted by atomic mass is 10.0. The van der Waals surface area contributed by atoms with Gasteiger partial charge in [-0.3, -0.25) is 9.59 Å². The van der Waals surface area contributed by atoms with Crippen molar-refractivity contribution in [2.75, 3.05) is 29.1 Å². The number of benzene rings is 1. The number of carbonyl (C=O) groups is 2. The number of rotatable bonds is 3. The van der Waals surface area contributed by atoms with Crippen molar-refractivity contribution in [1.29, 1.82) is 0 Å². The first-order valence-corrected chi connectivity index (χ1v) is 11.3. The van der Waals surface area contributed by atoms with Gasteiger partial charge >= 0.3 is 0 Å². The molecule has 0 aliphatic carbocycles. The molecule has 2 aliphatic heterocycles. The van der Waals surface area contributed by atoms with E-state index in [1.807, 2.05) is 11.8 Å². The van der Waals surface area contributed by atoms with E-state index >= 15 is 0 Å². The summed E-state index contributed by atoms with van der Waals surface area (Å²) < 4.78 is 0. The normalized spacial score (nSPS) is 24.0. The number of halogens is 2. The lowest BCUT2D eigenvalue weighted by Crippen LogP contribution is -2.53. The molecule has 0 aromatic heterocycles. The summed E-state index contributed by atoms with van der Waals surface area (Å²) >= 11 is 15.5. The van der Waals surface area contributed by atoms with E-state index in [1.54, 1.807) is 34.9 Å². The largest absolute Gasteiger partial charge is 0.330 e. The van der Waals surface area contributed by atoms with Crippen molar-refractivity contribution in [2.45, 2.75) is 30.6 Å². The Morgan fingerprint density at radius 2 is 2.00 bits per heavy atom. The van der Waals surface area contributed by atoms with Crippen LogP contribution >= 0.6 is 46.7 Å². The Hall–Kier alpha value is -0.560. The Kier molecular flexibility index (Phi) is 6.83. The van der Waals surface area contributed by atoms with Crippen LogP contribution in [0.5, 0.6) is 0 Å². The van der Waals surface area contributed by atoms with Crippen molar-refractivity contribution >= 4 is 64.2 Å². The first-order valence-electron chi connectivity index (χ1n) is 8.32. The van der Waals surface area contributed by atoms with Crippen molar-refractivity contribution in [3.8, 4) is 0 Å². The van der Waals surface area contributed by atoms with E-state index in [2.05, 4.69) is 5.32 Å². The molecule has 0 bridgehead atoms. The maximum atomic E-state index is 12.9. The van der Waals surface area contributed by atoms with Gasteiger partial charge in [0.25, 0.3) is 0 Å². The van der Waals surface area contributed by atoms with Gasteiger partial charge in [0.05, 0.1) is 15.3 Å². The molecule has 2 heterocycles. The number of piperidine rings is 1. The SMILES string of the molecule is O=C(Nc1ccc(Cl)c(Cl)c1)C1CCCCN1C(=O)C1CSCCS1. The topological polar surface area (TPSA) is 49.4 Å². The zero-order valence-electron chi connectivity index (χ0n) is 13.7. The number of amides is 2. The number of likely N-dealkylation sites (tertiary alicyclic amines) is 1. The van der Waals surface area contributed by atoms with Gasteiger partial charge in [0, 0.05) is 29.5 Å². The summed E-state index contributed by atoms with van der Waals surface area (Å²) in [6, 6.07) is 4.58. The van der Waals surface area contributed by atoms with Gasteiger partial charge in [0.2, 0.25) is 11.8 Å². The van der Waals surface area contributed by atoms with E-state index in [9.17, 15) is 9.59 Å². The maximum Gasteiger partial charge on any atom is 0.247 e. The van der Waals surface area contributed by atoms with Gasteiger partial charge in [-0.1, -0.05) is 23.2 Å². The minimum absolute atomic E-state index is 0.0304. The number of hydrogen-bond acceptors (Lipinski definition) is 4. The Bertz CT molecular complexity index is 654. The molecule has 1 aromatic rings. The monoisotopic (exact) mass is 418 g/mol. The lowest BCUT2D eigenvalue weighted by Gasteiger charge is -2.37. The van der Waals surface area contributed by atoms with Gasteiger partial charge in [0.15, 0.2) is 0 Å². The van der Waals surface area contributed by atoms with Crippen molar-refractivity contribution in [2.24, 2.45) is 0 Å². The highest BCUT2D eigenvalue weighted by Crippen LogP contribution is 2.29. The molecule has 3 rings (SSSR count). The highest BCUT2D eigenvalue weighted by molar-refractivity contribution is 8.07. The lowest BCUT2D eigenvalue weighted by molar-refractivity contribution is -0.139. The van der Waals surface area contributed by atoms with Gasteiger partial charge in [-0.05, 0) is 37.5 Å². The number of nitrogens with zero attached hydrogens (tertiary/aromatic N) is 1. The number of anilines is 1. The predicted octanol–water partition coefficient (Wildman–Crippen LogP) is 4.16. The number of thioether (sulfide) groups is 2. The van der Waals surface area contributed by atoms with E-state index in [0.717, 1.165) is 30.1 Å². The van der Waals surface area contributed by atoms with Crippen LogP contribution in [0.25, 0.3) is 0 Å². The molecule has 2 aliphatic rings. The Morgan fingerprint density at radius 1 is 1.16 bits per heavy atom. The van der Waals surface area contributed by atoms with Crippen LogP contribution in [0.4, 0.5) is 5.69 Å². The average molecular weight is 419 g/mol. The third-order valence-corrected chi connectivity index (χ3v) is 7.85. The van der Waals surface area contributed by atoms with Gasteiger partial charge in [-0.2, -0.15) is 11.8 Å². The van der Waals surface area contributed by atoms with Crippen LogP contribution < -0.4 is 5.32 Å². The predicted molar refractivity (Wildman–Crippen MR) is 108 cm³/mol. The summed E-state index contributed by atoms with van der Waals surface area (Å²) in [5, 5.41) is 3.69. The van der Waals surface area contributed by atoms with E-state index in [-0.39, 0.29) is 17.1 Å². The number of nitrogens with one attached hydrogen (secondary N) is 1. The molecule has 0 saturated carbocycles. The molecule has 1 N–H and O–H groups in total. The second-order valence-electron chi connectivity index (χ2n) is 6.10. The van der Waals surface area contributed by atoms with Crippen LogP contribution in [-0.4, -0.2) is 51.8 Å². The summed E-state index contributed by atoms with van der Waals surface area (Å²) in [5.41, 5.74) is 0.597. The number of hydrogen-bond donors (Lipinski definition) is 1. The van der Waals surface area contributed by atoms with Crippen LogP contribution in [0.3, 0.4) is 0 Å². The van der Waals surface area contributed by atoms with Gasteiger partial charge in [-0.25, -0.2) is 0 Å². The van der Waals surface area contributed by atoms with E-state index < -0.39 is 6.04 Å². The molecule has 4 nitrogen and oxygen atoms in total. The van der Waals surface area contributed by atoms with Crippen LogP contribution in [0.1, 0.15) is 19.3 Å². The highest BCUT2D eigenvalue weighted by atomic mass is 35.5. The minimum Gasteiger partial charge on any atom is -0.330 e. The molecule has 2 unspecified atom stereocenters. The zero-order valence-corrected chi connectivity index (χ0v) is 16.8. The van der Waals surface area contributed by atoms with Crippen molar-refractivity contribution in [3.05, 3.63) is 28.2 Å². The van der Waals surface area contributed by atoms with Crippen LogP contribution in [0.2, 0.25) is 10.0 Å². The summed E-state index contributed by atoms with van der Waals surface area (Å²) in [6.07, 6.45) is 2.60. The average Bonchev–Trinajstić information content (AvgIpc) is 2.65. The van der Waals surface area contributed by atoms with Crippen molar-refractivity contribution in [1.82, 2.24) is 4.90 Å². The molecule has 2 amide bonds. The van der Waals surface area contributed by atoms with Gasteiger partial charge < -0.3 is 10.2 Å². The molecule has 8 heteroatoms. The fraction of sp³-hybridized carbons (Fsp3) is 0.529. The highest BCUT2D eigenvalue weighted by Gasteiger charge is 2.36. The fourth-order valence-electron chi connectivity index (χ4n) is 3.08. The maximum absolute atomic E-state index is 12.9. The molecular weight excluding hydrogens is 399 g/mol. The zero-order chi connectivity index (χ0) is 17.8. The Balaban J connectivity index is 1.69. The molecule has 1 aromatic carbocycles. The third kappa shape index (κ3) is 4.79. The third-order valence-electron chi connectivity index (χ3n) is 4.37. The number of carbonyl (C=O) groups excluding carboxylic acids is 2. The van der Waals surface area contributed by atoms with Gasteiger partial charge in [-0.15, -0.1) is 11.8 Å². The van der Waals surface area contributed by atoms with Gasteiger partial charge in [0.1, 0.15) is 6.04 Å². The minimum atomic E-state index is -0.414. The smallest absolute Gasteiger partial charge is 0.247 e. The second-order valence-corrected chi connectivity index (χ2v) is 9.37. The molecule has 0 radical (unpaired) electrons. The van der Waals surface area contributed by atoms with Crippen LogP contribution in [0, 0.1) is 0 Å². The molecule has 25 heavy (non-hydrogen) atoms. The molecule has 2 atom stereocenters. The van der Waals surface area contributed by atoms with Crippen LogP contribution in [-0.2, 0) is 9.59 Å². The Labute approximate surface area is 166 Å². The first kappa shape index (κ1) is 19.2. The van der Waals surface area contributed by atoms with Crippen LogP contribution in [0.15, 0.2) is 18.2 Å². The summed E-state index contributed by atoms with van der Waals surface area (Å²) in [7, 11) is 0. The summed E-state index contributed by atoms with van der Waals surface area (Å²) in [4.78, 5) is 27.4. The molecule has 136 valence electrons. The Morgan fingerprint density at radius 3 is 2.72 bits per heavy atom. The molecule has 2 saturated heterocycles. The molecule has 0 spiro atoms. The quantitative estimate of drug-likeness (QED) is 0.800. The van der Waals surface area contributed by atoms with E-state index in [1.165, 1.54) is 0 Å². The first-order chi connectivity index (χ1) is 12.1. The van der Waals surface area contributed by atoms with E-state index in [0.29, 0.717) is 28.7 Å². The van der Waals surface area contributed by atoms with E-state index in [4.69, 9.17) is 23.2 Å². The van der Waals surface area contributed by atoms with Crippen molar-refractivity contribution in [3.63, 3.8) is 0 Å². The van der Waals surface area contributed by atoms with Crippen molar-refractivity contribution < 1.29 is 9.59 Å². The molecule has 2 fully saturated rings. The summed E-state index contributed by atoms with van der Waals surface area (Å²) in [5.74, 6) is 2.87. The molecular formula is C17H20Cl2N2O2S2. The fourth-order valence-corrected chi connectivity index (χ4v) is 6.00. The summed E-state index contributed by atoms with van der Waals surface area (Å²) in [6.45, 7) is 0.653.